The summed E-state index contributed by atoms with van der Waals surface area (Å²) in [7, 11) is 5.17. The highest BCUT2D eigenvalue weighted by Gasteiger charge is 2.51. The Balaban J connectivity index is 2.12. The number of aliphatic hydroxyl groups excluding tert-OH is 3. The number of nitrogens with zero attached hydrogens (tertiary/aromatic N) is 1. The van der Waals surface area contributed by atoms with Crippen molar-refractivity contribution in [1.82, 2.24) is 4.90 Å². The summed E-state index contributed by atoms with van der Waals surface area (Å²) in [6, 6.07) is -0.315. The Morgan fingerprint density at radius 1 is 0.880 bits per heavy atom. The van der Waals surface area contributed by atoms with Gasteiger partial charge in [0.05, 0.1) is 47.6 Å². The van der Waals surface area contributed by atoms with E-state index >= 15 is 0 Å². The number of carbonyl (C=O) groups is 2. The van der Waals surface area contributed by atoms with E-state index in [0.717, 1.165) is 0 Å². The Bertz CT molecular complexity index is 1140. The Kier molecular flexibility index (Phi) is 14.5. The summed E-state index contributed by atoms with van der Waals surface area (Å²) < 4.78 is 36.7. The maximum absolute atomic E-state index is 13.9. The van der Waals surface area contributed by atoms with E-state index in [-0.39, 0.29) is 37.8 Å². The number of aliphatic hydroxyl groups is 5. The predicted molar refractivity (Wildman–Crippen MR) is 182 cm³/mol. The van der Waals surface area contributed by atoms with Crippen LogP contribution in [-0.4, -0.2) is 148 Å². The third-order valence-corrected chi connectivity index (χ3v) is 11.5. The molecule has 5 N–H and O–H groups in total. The molecule has 3 saturated heterocycles. The number of hydrogen-bond acceptors (Lipinski definition) is 14. The van der Waals surface area contributed by atoms with Crippen molar-refractivity contribution in [3.05, 3.63) is 0 Å². The van der Waals surface area contributed by atoms with Crippen LogP contribution in [0.5, 0.6) is 0 Å². The molecule has 0 bridgehead atoms. The van der Waals surface area contributed by atoms with Crippen LogP contribution in [0.25, 0.3) is 0 Å². The molecule has 50 heavy (non-hydrogen) atoms. The lowest BCUT2D eigenvalue weighted by atomic mass is 9.76. The van der Waals surface area contributed by atoms with Crippen LogP contribution in [0, 0.1) is 17.8 Å². The summed E-state index contributed by atoms with van der Waals surface area (Å²) in [4.78, 5) is 29.5. The first-order valence-electron chi connectivity index (χ1n) is 18.1. The molecule has 17 atom stereocenters. The fourth-order valence-corrected chi connectivity index (χ4v) is 7.82. The molecule has 3 heterocycles. The largest absolute Gasteiger partial charge is 0.459 e. The SMILES string of the molecule is CC[C@H]1OC(=O)[C@H](C)[C@@H](O[C@H]2C[C@@](C)(OC)[C@@H](O)[C@H](C)O2)C[C@@H](O[C@@H]2O[C@H](C)C[C@H](N(C)C)[C@H]2O)[C@](C)(O)C[C@@H](C)C(=O)[C@H](C)[C@@H](O)[C@]1(C)O. The smallest absolute Gasteiger partial charge is 0.311 e. The molecule has 0 amide bonds. The molecule has 0 aromatic rings. The standard InChI is InChI=1S/C36H65NO13/c1-13-25-36(9,44)30(40)21(5)28(38)18(2)16-34(7,43)26(50-33-29(39)23(37(10)11)14-19(3)46-33)15-24(20(4)32(42)49-25)48-27-17-35(8,45-12)31(41)22(6)47-27/h18-27,29-31,33,39-41,43-44H,13-17H2,1-12H3/t18-,19-,20-,21+,22+,23+,24+,25-,26-,27+,29-,30-,31+,33+,34-,35-,36-/m1/s1. The number of likely N-dealkylation sites (N-methyl/N-ethyl adjacent to an activating group) is 1. The fraction of sp³-hybridized carbons (Fsp3) is 0.944. The molecule has 0 saturated carbocycles. The van der Waals surface area contributed by atoms with Gasteiger partial charge in [-0.3, -0.25) is 9.59 Å². The van der Waals surface area contributed by atoms with Gasteiger partial charge in [0, 0.05) is 37.8 Å². The number of rotatable bonds is 7. The van der Waals surface area contributed by atoms with Crippen LogP contribution < -0.4 is 0 Å². The molecule has 14 nitrogen and oxygen atoms in total. The predicted octanol–water partition coefficient (Wildman–Crippen LogP) is 1.54. The van der Waals surface area contributed by atoms with Crippen LogP contribution in [0.15, 0.2) is 0 Å². The second-order valence-electron chi connectivity index (χ2n) is 16.0. The van der Waals surface area contributed by atoms with Crippen molar-refractivity contribution in [2.24, 2.45) is 17.8 Å². The van der Waals surface area contributed by atoms with E-state index in [1.165, 1.54) is 27.9 Å². The molecule has 0 aromatic heterocycles. The minimum atomic E-state index is -1.99. The number of methoxy groups -OCH3 is 1. The van der Waals surface area contributed by atoms with E-state index in [4.69, 9.17) is 28.4 Å². The highest BCUT2D eigenvalue weighted by atomic mass is 16.7. The molecule has 0 spiro atoms. The summed E-state index contributed by atoms with van der Waals surface area (Å²) in [6.45, 7) is 14.5. The third kappa shape index (κ3) is 9.43. The lowest BCUT2D eigenvalue weighted by molar-refractivity contribution is -0.308. The van der Waals surface area contributed by atoms with Crippen LogP contribution in [0.3, 0.4) is 0 Å². The second kappa shape index (κ2) is 16.8. The lowest BCUT2D eigenvalue weighted by Gasteiger charge is -2.47. The summed E-state index contributed by atoms with van der Waals surface area (Å²) >= 11 is 0. The van der Waals surface area contributed by atoms with Gasteiger partial charge in [-0.05, 0) is 74.9 Å². The average Bonchev–Trinajstić information content (AvgIpc) is 3.04. The Labute approximate surface area is 297 Å². The minimum Gasteiger partial charge on any atom is -0.459 e. The van der Waals surface area contributed by atoms with E-state index in [9.17, 15) is 35.1 Å². The van der Waals surface area contributed by atoms with E-state index < -0.39 is 102 Å². The van der Waals surface area contributed by atoms with E-state index in [0.29, 0.717) is 6.42 Å². The number of cyclic esters (lactones) is 1. The quantitative estimate of drug-likeness (QED) is 0.238. The maximum atomic E-state index is 13.9. The van der Waals surface area contributed by atoms with Crippen molar-refractivity contribution in [3.63, 3.8) is 0 Å². The Morgan fingerprint density at radius 3 is 2.06 bits per heavy atom. The van der Waals surface area contributed by atoms with Gasteiger partial charge in [0.1, 0.15) is 29.7 Å². The number of ether oxygens (including phenoxy) is 6. The summed E-state index contributed by atoms with van der Waals surface area (Å²) in [5.41, 5.74) is -4.79. The molecule has 14 heteroatoms. The number of hydrogen-bond donors (Lipinski definition) is 5. The van der Waals surface area contributed by atoms with Gasteiger partial charge in [0.15, 0.2) is 12.6 Å². The molecule has 0 aromatic carbocycles. The van der Waals surface area contributed by atoms with Crippen LogP contribution in [0.4, 0.5) is 0 Å². The van der Waals surface area contributed by atoms with Crippen LogP contribution >= 0.6 is 0 Å². The second-order valence-corrected chi connectivity index (χ2v) is 16.0. The van der Waals surface area contributed by atoms with E-state index in [1.807, 2.05) is 25.9 Å². The number of ketones is 1. The van der Waals surface area contributed by atoms with Crippen molar-refractivity contribution in [3.8, 4) is 0 Å². The Hall–Kier alpha value is -1.30. The van der Waals surface area contributed by atoms with Crippen molar-refractivity contribution in [2.45, 2.75) is 179 Å². The van der Waals surface area contributed by atoms with Gasteiger partial charge < -0.3 is 58.9 Å². The van der Waals surface area contributed by atoms with Gasteiger partial charge in [-0.25, -0.2) is 0 Å². The first kappa shape index (κ1) is 43.1. The maximum Gasteiger partial charge on any atom is 0.311 e. The highest BCUT2D eigenvalue weighted by Crippen LogP contribution is 2.38. The molecule has 3 fully saturated rings. The van der Waals surface area contributed by atoms with E-state index in [2.05, 4.69) is 0 Å². The normalized spacial score (nSPS) is 49.0. The Morgan fingerprint density at radius 2 is 1.50 bits per heavy atom. The van der Waals surface area contributed by atoms with Gasteiger partial charge in [0.25, 0.3) is 0 Å². The molecule has 292 valence electrons. The third-order valence-electron chi connectivity index (χ3n) is 11.5. The van der Waals surface area contributed by atoms with Gasteiger partial charge >= 0.3 is 5.97 Å². The molecular weight excluding hydrogens is 654 g/mol. The zero-order chi connectivity index (χ0) is 38.1. The van der Waals surface area contributed by atoms with Crippen molar-refractivity contribution in [1.29, 1.82) is 0 Å². The molecular formula is C36H65NO13. The molecule has 0 radical (unpaired) electrons. The summed E-state index contributed by atoms with van der Waals surface area (Å²) in [6.07, 6.45) is -9.67. The van der Waals surface area contributed by atoms with Crippen molar-refractivity contribution >= 4 is 11.8 Å². The zero-order valence-electron chi connectivity index (χ0n) is 32.1. The molecule has 3 aliphatic heterocycles. The average molecular weight is 720 g/mol. The minimum absolute atomic E-state index is 0.101. The van der Waals surface area contributed by atoms with E-state index in [1.54, 1.807) is 34.6 Å². The topological polar surface area (TPSA) is 194 Å². The van der Waals surface area contributed by atoms with Gasteiger partial charge in [0.2, 0.25) is 0 Å². The molecule has 3 aliphatic rings. The van der Waals surface area contributed by atoms with Crippen LogP contribution in [0.1, 0.15) is 94.4 Å². The number of Topliss-reactive ketones (excluding diaryl/α,β-unsaturated/α-hetero) is 1. The molecule has 0 unspecified atom stereocenters. The summed E-state index contributed by atoms with van der Waals surface area (Å²) in [5.74, 6) is -4.08. The monoisotopic (exact) mass is 719 g/mol. The summed E-state index contributed by atoms with van der Waals surface area (Å²) in [5, 5.41) is 57.2. The highest BCUT2D eigenvalue weighted by molar-refractivity contribution is 5.83. The van der Waals surface area contributed by atoms with Gasteiger partial charge in [-0.1, -0.05) is 20.8 Å². The van der Waals surface area contributed by atoms with Crippen molar-refractivity contribution in [2.75, 3.05) is 21.2 Å². The fourth-order valence-electron chi connectivity index (χ4n) is 7.82. The van der Waals surface area contributed by atoms with Gasteiger partial charge in [-0.15, -0.1) is 0 Å². The number of carbonyl (C=O) groups excluding carboxylic acids is 2. The van der Waals surface area contributed by atoms with Crippen molar-refractivity contribution < 1.29 is 63.5 Å². The lowest BCUT2D eigenvalue weighted by Crippen LogP contribution is -2.59. The van der Waals surface area contributed by atoms with Crippen LogP contribution in [-0.2, 0) is 38.0 Å². The first-order chi connectivity index (χ1) is 23.0. The molecule has 3 rings (SSSR count). The number of esters is 1. The van der Waals surface area contributed by atoms with Crippen LogP contribution in [0.2, 0.25) is 0 Å². The molecule has 0 aliphatic carbocycles. The first-order valence-corrected chi connectivity index (χ1v) is 18.1. The zero-order valence-corrected chi connectivity index (χ0v) is 32.1. The van der Waals surface area contributed by atoms with Gasteiger partial charge in [-0.2, -0.15) is 0 Å².